The Balaban J connectivity index is 3.15. The molecule has 1 N–H and O–H groups in total. The minimum atomic E-state index is -4.00. The zero-order valence-electron chi connectivity index (χ0n) is 8.90. The molecule has 0 saturated carbocycles. The van der Waals surface area contributed by atoms with Crippen molar-refractivity contribution in [2.45, 2.75) is 4.90 Å². The Kier molecular flexibility index (Phi) is 4.39. The molecule has 1 aromatic rings. The van der Waals surface area contributed by atoms with E-state index in [1.165, 1.54) is 5.38 Å². The second kappa shape index (κ2) is 5.60. The summed E-state index contributed by atoms with van der Waals surface area (Å²) in [6, 6.07) is 4.29. The highest BCUT2D eigenvalue weighted by Gasteiger charge is 2.26. The van der Waals surface area contributed by atoms with Gasteiger partial charge in [-0.3, -0.25) is 0 Å². The van der Waals surface area contributed by atoms with Gasteiger partial charge in [-0.1, -0.05) is 0 Å². The lowest BCUT2D eigenvalue weighted by atomic mass is 10.5. The fraction of sp³-hybridized carbons (Fsp3) is 0.222. The molecule has 0 unspecified atom stereocenters. The quantitative estimate of drug-likeness (QED) is 0.785. The maximum absolute atomic E-state index is 12.0. The molecule has 0 atom stereocenters. The zero-order valence-corrected chi connectivity index (χ0v) is 10.5. The van der Waals surface area contributed by atoms with Crippen molar-refractivity contribution in [3.63, 3.8) is 0 Å². The first kappa shape index (κ1) is 14.1. The molecule has 0 aliphatic heterocycles. The van der Waals surface area contributed by atoms with Gasteiger partial charge in [0.1, 0.15) is 18.0 Å². The lowest BCUT2D eigenvalue weighted by Gasteiger charge is -2.14. The minimum absolute atomic E-state index is 0.123. The first-order valence-electron chi connectivity index (χ1n) is 4.49. The molecule has 0 saturated heterocycles. The molecule has 0 fully saturated rings. The Hall–Kier alpha value is -1.94. The van der Waals surface area contributed by atoms with E-state index in [2.05, 4.69) is 0 Å². The summed E-state index contributed by atoms with van der Waals surface area (Å²) in [7, 11) is -4.00. The lowest BCUT2D eigenvalue weighted by molar-refractivity contribution is 0.0702. The number of hydrogen-bond acceptors (Lipinski definition) is 6. The van der Waals surface area contributed by atoms with Crippen molar-refractivity contribution in [1.29, 1.82) is 10.5 Å². The Morgan fingerprint density at radius 2 is 1.94 bits per heavy atom. The van der Waals surface area contributed by atoms with E-state index in [1.807, 2.05) is 0 Å². The highest BCUT2D eigenvalue weighted by Crippen LogP contribution is 2.22. The van der Waals surface area contributed by atoms with E-state index >= 15 is 0 Å². The highest BCUT2D eigenvalue weighted by atomic mass is 32.2. The van der Waals surface area contributed by atoms with E-state index in [9.17, 15) is 13.2 Å². The number of nitriles is 2. The van der Waals surface area contributed by atoms with E-state index < -0.39 is 29.1 Å². The monoisotopic (exact) mass is 285 g/mol. The van der Waals surface area contributed by atoms with Gasteiger partial charge in [-0.15, -0.1) is 11.3 Å². The number of aromatic carboxylic acids is 1. The maximum Gasteiger partial charge on any atom is 0.345 e. The van der Waals surface area contributed by atoms with Gasteiger partial charge in [-0.05, 0) is 6.07 Å². The summed E-state index contributed by atoms with van der Waals surface area (Å²) in [6.45, 7) is -0.928. The lowest BCUT2D eigenvalue weighted by Crippen LogP contribution is -2.31. The number of sulfonamides is 1. The summed E-state index contributed by atoms with van der Waals surface area (Å²) in [5.41, 5.74) is 0. The first-order chi connectivity index (χ1) is 8.43. The summed E-state index contributed by atoms with van der Waals surface area (Å²) >= 11 is 0.767. The number of carboxylic acids is 1. The van der Waals surface area contributed by atoms with E-state index in [1.54, 1.807) is 12.1 Å². The summed E-state index contributed by atoms with van der Waals surface area (Å²) in [5.74, 6) is -1.23. The van der Waals surface area contributed by atoms with E-state index in [0.29, 0.717) is 4.31 Å². The molecule has 0 aromatic carbocycles. The van der Waals surface area contributed by atoms with Crippen LogP contribution >= 0.6 is 11.3 Å². The number of hydrogen-bond donors (Lipinski definition) is 1. The molecule has 18 heavy (non-hydrogen) atoms. The normalized spacial score (nSPS) is 10.8. The Morgan fingerprint density at radius 1 is 1.39 bits per heavy atom. The molecule has 0 spiro atoms. The topological polar surface area (TPSA) is 122 Å². The van der Waals surface area contributed by atoms with Crippen molar-refractivity contribution < 1.29 is 18.3 Å². The predicted octanol–water partition coefficient (Wildman–Crippen LogP) is 0.484. The van der Waals surface area contributed by atoms with E-state index in [4.69, 9.17) is 15.6 Å². The van der Waals surface area contributed by atoms with Crippen molar-refractivity contribution in [2.75, 3.05) is 13.1 Å². The molecule has 0 aliphatic rings. The van der Waals surface area contributed by atoms with Gasteiger partial charge < -0.3 is 5.11 Å². The summed E-state index contributed by atoms with van der Waals surface area (Å²) < 4.78 is 24.7. The van der Waals surface area contributed by atoms with Crippen LogP contribution < -0.4 is 0 Å². The smallest absolute Gasteiger partial charge is 0.345 e. The van der Waals surface area contributed by atoms with Crippen molar-refractivity contribution in [3.8, 4) is 12.1 Å². The molecule has 9 heteroatoms. The van der Waals surface area contributed by atoms with Gasteiger partial charge >= 0.3 is 5.97 Å². The van der Waals surface area contributed by atoms with Crippen LogP contribution in [0.3, 0.4) is 0 Å². The van der Waals surface area contributed by atoms with Crippen molar-refractivity contribution in [1.82, 2.24) is 4.31 Å². The molecule has 0 amide bonds. The molecular formula is C9H7N3O4S2. The molecule has 0 aliphatic carbocycles. The highest BCUT2D eigenvalue weighted by molar-refractivity contribution is 7.89. The first-order valence-corrected chi connectivity index (χ1v) is 6.81. The van der Waals surface area contributed by atoms with Crippen LogP contribution in [0.15, 0.2) is 16.3 Å². The van der Waals surface area contributed by atoms with Gasteiger partial charge in [0.05, 0.1) is 17.0 Å². The minimum Gasteiger partial charge on any atom is -0.477 e. The van der Waals surface area contributed by atoms with Crippen LogP contribution in [0, 0.1) is 22.7 Å². The number of rotatable bonds is 5. The standard InChI is InChI=1S/C9H7N3O4S2/c10-1-3-12(4-2-11)18(15,16)7-5-8(9(13)14)17-6-7/h5-6H,3-4H2,(H,13,14). The SMILES string of the molecule is N#CCN(CC#N)S(=O)(=O)c1csc(C(=O)O)c1. The fourth-order valence-corrected chi connectivity index (χ4v) is 3.43. The van der Waals surface area contributed by atoms with E-state index in [-0.39, 0.29) is 9.77 Å². The molecular weight excluding hydrogens is 278 g/mol. The van der Waals surface area contributed by atoms with Gasteiger partial charge in [0.25, 0.3) is 0 Å². The summed E-state index contributed by atoms with van der Waals surface area (Å²) in [4.78, 5) is 10.3. The van der Waals surface area contributed by atoms with Gasteiger partial charge in [0.15, 0.2) is 0 Å². The maximum atomic E-state index is 12.0. The van der Waals surface area contributed by atoms with Crippen LogP contribution in [0.25, 0.3) is 0 Å². The van der Waals surface area contributed by atoms with Crippen LogP contribution in [-0.4, -0.2) is 36.9 Å². The summed E-state index contributed by atoms with van der Waals surface area (Å²) in [5, 5.41) is 26.9. The Morgan fingerprint density at radius 3 is 2.33 bits per heavy atom. The van der Waals surface area contributed by atoms with E-state index in [0.717, 1.165) is 17.4 Å². The number of carboxylic acid groups (broad SMARTS) is 1. The van der Waals surface area contributed by atoms with Crippen molar-refractivity contribution >= 4 is 27.3 Å². The molecule has 94 valence electrons. The largest absolute Gasteiger partial charge is 0.477 e. The molecule has 7 nitrogen and oxygen atoms in total. The second-order valence-electron chi connectivity index (χ2n) is 3.04. The number of carbonyl (C=O) groups is 1. The molecule has 1 heterocycles. The molecule has 1 aromatic heterocycles. The van der Waals surface area contributed by atoms with Gasteiger partial charge in [0.2, 0.25) is 10.0 Å². The van der Waals surface area contributed by atoms with Gasteiger partial charge in [-0.2, -0.15) is 14.8 Å². The average molecular weight is 285 g/mol. The summed E-state index contributed by atoms with van der Waals surface area (Å²) in [6.07, 6.45) is 0. The van der Waals surface area contributed by atoms with Crippen LogP contribution in [0.2, 0.25) is 0 Å². The van der Waals surface area contributed by atoms with Crippen LogP contribution in [-0.2, 0) is 10.0 Å². The fourth-order valence-electron chi connectivity index (χ4n) is 1.10. The van der Waals surface area contributed by atoms with Crippen molar-refractivity contribution in [3.05, 3.63) is 16.3 Å². The molecule has 0 bridgehead atoms. The third-order valence-corrected chi connectivity index (χ3v) is 4.75. The third-order valence-electron chi connectivity index (χ3n) is 1.92. The van der Waals surface area contributed by atoms with Crippen LogP contribution in [0.1, 0.15) is 9.67 Å². The molecule has 0 radical (unpaired) electrons. The zero-order chi connectivity index (χ0) is 13.8. The number of thiophene rings is 1. The van der Waals surface area contributed by atoms with Gasteiger partial charge in [0, 0.05) is 5.38 Å². The predicted molar refractivity (Wildman–Crippen MR) is 61.3 cm³/mol. The average Bonchev–Trinajstić information content (AvgIpc) is 2.78. The van der Waals surface area contributed by atoms with Crippen LogP contribution in [0.4, 0.5) is 0 Å². The Bertz CT molecular complexity index is 620. The van der Waals surface area contributed by atoms with Crippen LogP contribution in [0.5, 0.6) is 0 Å². The van der Waals surface area contributed by atoms with Gasteiger partial charge in [-0.25, -0.2) is 13.2 Å². The number of nitrogens with zero attached hydrogens (tertiary/aromatic N) is 3. The second-order valence-corrected chi connectivity index (χ2v) is 5.89. The Labute approximate surface area is 107 Å². The molecule has 1 rings (SSSR count). The van der Waals surface area contributed by atoms with Crippen molar-refractivity contribution in [2.24, 2.45) is 0 Å². The third kappa shape index (κ3) is 2.84.